The van der Waals surface area contributed by atoms with Crippen LogP contribution >= 0.6 is 12.6 Å². The van der Waals surface area contributed by atoms with Crippen LogP contribution in [0.2, 0.25) is 0 Å². The first-order valence-electron chi connectivity index (χ1n) is 3.16. The molecular weight excluding hydrogens is 152 g/mol. The van der Waals surface area contributed by atoms with Crippen molar-refractivity contribution in [2.75, 3.05) is 20.0 Å². The van der Waals surface area contributed by atoms with Crippen molar-refractivity contribution in [1.29, 1.82) is 0 Å². The van der Waals surface area contributed by atoms with Crippen LogP contribution < -0.4 is 0 Å². The highest BCUT2D eigenvalue weighted by molar-refractivity contribution is 7.96. The molecule has 1 aliphatic rings. The van der Waals surface area contributed by atoms with E-state index in [4.69, 9.17) is 9.47 Å². The Kier molecular flexibility index (Phi) is 3.18. The number of hydrogen-bond donors (Lipinski definition) is 1. The van der Waals surface area contributed by atoms with E-state index < -0.39 is 0 Å². The molecule has 0 aliphatic carbocycles. The Balaban J connectivity index is 2.19. The minimum atomic E-state index is -0.0981. The lowest BCUT2D eigenvalue weighted by Crippen LogP contribution is -2.25. The standard InChI is InChI=1S/C6H10O3S/c7-6(10)1-5-2-8-4-9-3-5/h5H,1-4H2,(H,7,10). The van der Waals surface area contributed by atoms with Gasteiger partial charge in [-0.25, -0.2) is 0 Å². The Labute approximate surface area is 65.1 Å². The van der Waals surface area contributed by atoms with Gasteiger partial charge in [0.1, 0.15) is 6.79 Å². The van der Waals surface area contributed by atoms with Gasteiger partial charge < -0.3 is 9.47 Å². The Hall–Kier alpha value is -0.0600. The third-order valence-electron chi connectivity index (χ3n) is 1.34. The molecule has 58 valence electrons. The molecule has 0 aromatic rings. The summed E-state index contributed by atoms with van der Waals surface area (Å²) < 4.78 is 9.95. The van der Waals surface area contributed by atoms with Gasteiger partial charge in [0.15, 0.2) is 5.12 Å². The maximum Gasteiger partial charge on any atom is 0.186 e. The van der Waals surface area contributed by atoms with Gasteiger partial charge in [0.05, 0.1) is 13.2 Å². The van der Waals surface area contributed by atoms with Crippen molar-refractivity contribution in [3.8, 4) is 0 Å². The fourth-order valence-electron chi connectivity index (χ4n) is 0.901. The molecule has 0 N–H and O–H groups in total. The largest absolute Gasteiger partial charge is 0.355 e. The first-order chi connectivity index (χ1) is 4.79. The van der Waals surface area contributed by atoms with E-state index in [-0.39, 0.29) is 11.0 Å². The van der Waals surface area contributed by atoms with E-state index in [1.165, 1.54) is 0 Å². The van der Waals surface area contributed by atoms with E-state index in [1.54, 1.807) is 0 Å². The van der Waals surface area contributed by atoms with Gasteiger partial charge in [-0.3, -0.25) is 4.79 Å². The number of ether oxygens (including phenoxy) is 2. The molecule has 0 radical (unpaired) electrons. The summed E-state index contributed by atoms with van der Waals surface area (Å²) in [5.41, 5.74) is 0. The topological polar surface area (TPSA) is 35.5 Å². The van der Waals surface area contributed by atoms with E-state index >= 15 is 0 Å². The number of hydrogen-bond acceptors (Lipinski definition) is 3. The molecule has 10 heavy (non-hydrogen) atoms. The molecule has 3 nitrogen and oxygen atoms in total. The summed E-state index contributed by atoms with van der Waals surface area (Å²) >= 11 is 3.66. The quantitative estimate of drug-likeness (QED) is 0.599. The van der Waals surface area contributed by atoms with Gasteiger partial charge in [0, 0.05) is 12.3 Å². The predicted octanol–water partition coefficient (Wildman–Crippen LogP) is 0.453. The van der Waals surface area contributed by atoms with Crippen LogP contribution in [0.3, 0.4) is 0 Å². The number of carbonyl (C=O) groups is 1. The predicted molar refractivity (Wildman–Crippen MR) is 38.9 cm³/mol. The second kappa shape index (κ2) is 3.95. The van der Waals surface area contributed by atoms with Gasteiger partial charge in [0.25, 0.3) is 0 Å². The molecule has 1 heterocycles. The monoisotopic (exact) mass is 162 g/mol. The minimum Gasteiger partial charge on any atom is -0.355 e. The third kappa shape index (κ3) is 2.68. The lowest BCUT2D eigenvalue weighted by atomic mass is 10.1. The average Bonchev–Trinajstić information content (AvgIpc) is 1.88. The molecule has 1 aliphatic heterocycles. The Morgan fingerprint density at radius 1 is 1.50 bits per heavy atom. The molecule has 0 bridgehead atoms. The molecule has 0 unspecified atom stereocenters. The normalized spacial score (nSPS) is 20.9. The van der Waals surface area contributed by atoms with Crippen LogP contribution in [-0.4, -0.2) is 25.1 Å². The third-order valence-corrected chi connectivity index (χ3v) is 1.52. The zero-order valence-electron chi connectivity index (χ0n) is 5.58. The second-order valence-corrected chi connectivity index (χ2v) is 2.82. The molecular formula is C6H10O3S. The molecule has 4 heteroatoms. The summed E-state index contributed by atoms with van der Waals surface area (Å²) in [5, 5.41) is -0.0981. The summed E-state index contributed by atoms with van der Waals surface area (Å²) in [4.78, 5) is 10.5. The maximum atomic E-state index is 10.5. The number of thiol groups is 1. The van der Waals surface area contributed by atoms with E-state index in [0.29, 0.717) is 26.4 Å². The van der Waals surface area contributed by atoms with Crippen molar-refractivity contribution in [3.63, 3.8) is 0 Å². The van der Waals surface area contributed by atoms with Crippen molar-refractivity contribution in [2.24, 2.45) is 5.92 Å². The highest BCUT2D eigenvalue weighted by atomic mass is 32.1. The van der Waals surface area contributed by atoms with E-state index in [9.17, 15) is 4.79 Å². The van der Waals surface area contributed by atoms with Crippen molar-refractivity contribution in [2.45, 2.75) is 6.42 Å². The fourth-order valence-corrected chi connectivity index (χ4v) is 1.16. The SMILES string of the molecule is O=C(S)CC1COCOC1. The molecule has 0 aromatic carbocycles. The Bertz CT molecular complexity index is 120. The Morgan fingerprint density at radius 3 is 2.60 bits per heavy atom. The van der Waals surface area contributed by atoms with Crippen molar-refractivity contribution >= 4 is 17.7 Å². The summed E-state index contributed by atoms with van der Waals surface area (Å²) in [6, 6.07) is 0. The Morgan fingerprint density at radius 2 is 2.10 bits per heavy atom. The molecule has 1 fully saturated rings. The molecule has 0 saturated carbocycles. The van der Waals surface area contributed by atoms with Crippen LogP contribution in [0.5, 0.6) is 0 Å². The van der Waals surface area contributed by atoms with Gasteiger partial charge in [-0.15, -0.1) is 12.6 Å². The van der Waals surface area contributed by atoms with Gasteiger partial charge >= 0.3 is 0 Å². The summed E-state index contributed by atoms with van der Waals surface area (Å²) in [7, 11) is 0. The first-order valence-corrected chi connectivity index (χ1v) is 3.61. The van der Waals surface area contributed by atoms with Gasteiger partial charge in [-0.2, -0.15) is 0 Å². The molecule has 0 spiro atoms. The van der Waals surface area contributed by atoms with E-state index in [2.05, 4.69) is 12.6 Å². The molecule has 0 atom stereocenters. The summed E-state index contributed by atoms with van der Waals surface area (Å²) in [6.07, 6.45) is 0.448. The lowest BCUT2D eigenvalue weighted by molar-refractivity contribution is -0.133. The number of carbonyl (C=O) groups excluding carboxylic acids is 1. The van der Waals surface area contributed by atoms with Crippen LogP contribution in [0, 0.1) is 5.92 Å². The highest BCUT2D eigenvalue weighted by Crippen LogP contribution is 2.10. The molecule has 0 aromatic heterocycles. The number of rotatable bonds is 2. The van der Waals surface area contributed by atoms with Gasteiger partial charge in [-0.05, 0) is 0 Å². The lowest BCUT2D eigenvalue weighted by Gasteiger charge is -2.20. The fraction of sp³-hybridized carbons (Fsp3) is 0.833. The summed E-state index contributed by atoms with van der Waals surface area (Å²) in [6.45, 7) is 1.59. The van der Waals surface area contributed by atoms with Crippen molar-refractivity contribution in [3.05, 3.63) is 0 Å². The van der Waals surface area contributed by atoms with Gasteiger partial charge in [0.2, 0.25) is 0 Å². The minimum absolute atomic E-state index is 0.0981. The van der Waals surface area contributed by atoms with Crippen LogP contribution in [0.25, 0.3) is 0 Å². The van der Waals surface area contributed by atoms with Crippen LogP contribution in [0.4, 0.5) is 0 Å². The van der Waals surface area contributed by atoms with Gasteiger partial charge in [-0.1, -0.05) is 0 Å². The average molecular weight is 162 g/mol. The first kappa shape index (κ1) is 8.04. The summed E-state index contributed by atoms with van der Waals surface area (Å²) in [5.74, 6) is 0.207. The van der Waals surface area contributed by atoms with Crippen LogP contribution in [0.1, 0.15) is 6.42 Å². The zero-order valence-corrected chi connectivity index (χ0v) is 6.47. The van der Waals surface area contributed by atoms with Crippen LogP contribution in [-0.2, 0) is 14.3 Å². The highest BCUT2D eigenvalue weighted by Gasteiger charge is 2.15. The van der Waals surface area contributed by atoms with Crippen LogP contribution in [0.15, 0.2) is 0 Å². The van der Waals surface area contributed by atoms with Crippen molar-refractivity contribution < 1.29 is 14.3 Å². The van der Waals surface area contributed by atoms with Crippen molar-refractivity contribution in [1.82, 2.24) is 0 Å². The molecule has 1 saturated heterocycles. The smallest absolute Gasteiger partial charge is 0.186 e. The van der Waals surface area contributed by atoms with E-state index in [0.717, 1.165) is 0 Å². The molecule has 0 amide bonds. The zero-order chi connectivity index (χ0) is 7.40. The maximum absolute atomic E-state index is 10.5. The second-order valence-electron chi connectivity index (χ2n) is 2.32. The molecule has 1 rings (SSSR count). The van der Waals surface area contributed by atoms with E-state index in [1.807, 2.05) is 0 Å².